The van der Waals surface area contributed by atoms with Crippen LogP contribution < -0.4 is 5.32 Å². The van der Waals surface area contributed by atoms with Crippen molar-refractivity contribution in [3.8, 4) is 0 Å². The Bertz CT molecular complexity index is 461. The predicted octanol–water partition coefficient (Wildman–Crippen LogP) is 1.71. The molecule has 20 heavy (non-hydrogen) atoms. The van der Waals surface area contributed by atoms with Crippen molar-refractivity contribution in [3.05, 3.63) is 33.4 Å². The highest BCUT2D eigenvalue weighted by Crippen LogP contribution is 2.24. The first-order valence-electron chi connectivity index (χ1n) is 6.94. The molecule has 1 aliphatic heterocycles. The number of nitrogens with one attached hydrogen (secondary N) is 1. The highest BCUT2D eigenvalue weighted by Gasteiger charge is 2.33. The molecule has 5 heteroatoms. The molecule has 1 aliphatic rings. The van der Waals surface area contributed by atoms with Crippen LogP contribution in [0.3, 0.4) is 0 Å². The molecule has 1 aromatic carbocycles. The quantitative estimate of drug-likeness (QED) is 0.803. The maximum absolute atomic E-state index is 12.3. The maximum Gasteiger partial charge on any atom is 0.240 e. The molecule has 2 unspecified atom stereocenters. The van der Waals surface area contributed by atoms with Gasteiger partial charge in [-0.2, -0.15) is 0 Å². The van der Waals surface area contributed by atoms with E-state index < -0.39 is 0 Å². The summed E-state index contributed by atoms with van der Waals surface area (Å²) in [7, 11) is 3.65. The summed E-state index contributed by atoms with van der Waals surface area (Å²) in [6.45, 7) is 4.75. The number of hydrogen-bond acceptors (Lipinski definition) is 3. The molecule has 0 spiro atoms. The molecule has 0 saturated carbocycles. The highest BCUT2D eigenvalue weighted by atomic mass is 127. The summed E-state index contributed by atoms with van der Waals surface area (Å²) in [6.07, 6.45) is 0. The van der Waals surface area contributed by atoms with Crippen LogP contribution in [0.15, 0.2) is 24.3 Å². The van der Waals surface area contributed by atoms with Crippen LogP contribution in [-0.4, -0.2) is 55.5 Å². The Morgan fingerprint density at radius 1 is 1.40 bits per heavy atom. The lowest BCUT2D eigenvalue weighted by Gasteiger charge is -2.40. The number of halogens is 1. The van der Waals surface area contributed by atoms with Gasteiger partial charge in [0.25, 0.3) is 0 Å². The van der Waals surface area contributed by atoms with Crippen LogP contribution in [0.4, 0.5) is 0 Å². The van der Waals surface area contributed by atoms with Crippen LogP contribution >= 0.6 is 22.6 Å². The number of carbonyl (C=O) groups excluding carboxylic acids is 1. The highest BCUT2D eigenvalue weighted by molar-refractivity contribution is 14.1. The van der Waals surface area contributed by atoms with Crippen molar-refractivity contribution in [3.63, 3.8) is 0 Å². The van der Waals surface area contributed by atoms with Crippen LogP contribution in [0.2, 0.25) is 0 Å². The number of piperazine rings is 1. The number of likely N-dealkylation sites (N-methyl/N-ethyl adjacent to an activating group) is 1. The number of benzene rings is 1. The van der Waals surface area contributed by atoms with E-state index in [0.29, 0.717) is 0 Å². The van der Waals surface area contributed by atoms with Gasteiger partial charge in [-0.15, -0.1) is 0 Å². The normalized spacial score (nSPS) is 21.5. The van der Waals surface area contributed by atoms with Gasteiger partial charge in [0.05, 0.1) is 0 Å². The Morgan fingerprint density at radius 2 is 2.05 bits per heavy atom. The summed E-state index contributed by atoms with van der Waals surface area (Å²) in [4.78, 5) is 16.3. The average Bonchev–Trinajstić information content (AvgIpc) is 2.46. The molecule has 1 fully saturated rings. The van der Waals surface area contributed by atoms with Crippen LogP contribution in [0.25, 0.3) is 0 Å². The third-order valence-electron chi connectivity index (χ3n) is 3.86. The molecule has 4 nitrogen and oxygen atoms in total. The zero-order chi connectivity index (χ0) is 14.7. The molecular formula is C15H22IN3O. The van der Waals surface area contributed by atoms with Crippen molar-refractivity contribution in [1.82, 2.24) is 15.1 Å². The van der Waals surface area contributed by atoms with E-state index in [9.17, 15) is 4.79 Å². The Morgan fingerprint density at radius 3 is 2.65 bits per heavy atom. The number of hydrogen-bond donors (Lipinski definition) is 1. The molecule has 1 N–H and O–H groups in total. The maximum atomic E-state index is 12.3. The summed E-state index contributed by atoms with van der Waals surface area (Å²) in [5.74, 6) is 0.176. The molecule has 2 rings (SSSR count). The van der Waals surface area contributed by atoms with Gasteiger partial charge in [0.1, 0.15) is 6.04 Å². The number of nitrogens with zero attached hydrogens (tertiary/aromatic N) is 2. The molecule has 1 heterocycles. The van der Waals surface area contributed by atoms with Crippen LogP contribution in [0, 0.1) is 3.57 Å². The van der Waals surface area contributed by atoms with E-state index in [4.69, 9.17) is 0 Å². The van der Waals surface area contributed by atoms with Crippen LogP contribution in [-0.2, 0) is 4.79 Å². The number of rotatable bonds is 3. The van der Waals surface area contributed by atoms with Crippen molar-refractivity contribution < 1.29 is 4.79 Å². The molecule has 0 aromatic heterocycles. The Balaban J connectivity index is 2.18. The topological polar surface area (TPSA) is 35.6 Å². The first-order chi connectivity index (χ1) is 9.50. The average molecular weight is 387 g/mol. The molecule has 0 aliphatic carbocycles. The van der Waals surface area contributed by atoms with Crippen molar-refractivity contribution >= 4 is 28.5 Å². The van der Waals surface area contributed by atoms with Gasteiger partial charge in [-0.1, -0.05) is 12.1 Å². The molecule has 1 amide bonds. The summed E-state index contributed by atoms with van der Waals surface area (Å²) >= 11 is 2.31. The lowest BCUT2D eigenvalue weighted by molar-refractivity contribution is -0.136. The van der Waals surface area contributed by atoms with Gasteiger partial charge >= 0.3 is 0 Å². The summed E-state index contributed by atoms with van der Waals surface area (Å²) < 4.78 is 1.24. The lowest BCUT2D eigenvalue weighted by atomic mass is 10.0. The van der Waals surface area contributed by atoms with Gasteiger partial charge in [0.2, 0.25) is 5.91 Å². The minimum atomic E-state index is -0.0759. The summed E-state index contributed by atoms with van der Waals surface area (Å²) in [6, 6.07) is 8.74. The monoisotopic (exact) mass is 387 g/mol. The Labute approximate surface area is 134 Å². The predicted molar refractivity (Wildman–Crippen MR) is 89.6 cm³/mol. The van der Waals surface area contributed by atoms with Crippen LogP contribution in [0.1, 0.15) is 18.5 Å². The molecule has 1 saturated heterocycles. The Hall–Kier alpha value is -0.660. The van der Waals surface area contributed by atoms with Gasteiger partial charge in [-0.25, -0.2) is 0 Å². The molecule has 110 valence electrons. The zero-order valence-electron chi connectivity index (χ0n) is 12.3. The SMILES string of the molecule is CC(c1ccc(I)cc1)N1CCNCC1C(=O)N(C)C. The van der Waals surface area contributed by atoms with E-state index in [1.54, 1.807) is 4.90 Å². The van der Waals surface area contributed by atoms with E-state index in [1.165, 1.54) is 9.13 Å². The van der Waals surface area contributed by atoms with Gasteiger partial charge in [-0.05, 0) is 47.2 Å². The second-order valence-corrected chi connectivity index (χ2v) is 6.66. The fourth-order valence-electron chi connectivity index (χ4n) is 2.64. The number of amides is 1. The molecule has 1 aromatic rings. The van der Waals surface area contributed by atoms with Gasteiger partial charge < -0.3 is 10.2 Å². The third-order valence-corrected chi connectivity index (χ3v) is 4.58. The number of carbonyl (C=O) groups is 1. The van der Waals surface area contributed by atoms with Crippen molar-refractivity contribution in [2.45, 2.75) is 19.0 Å². The van der Waals surface area contributed by atoms with E-state index in [-0.39, 0.29) is 18.0 Å². The molecular weight excluding hydrogens is 365 g/mol. The van der Waals surface area contributed by atoms with Crippen LogP contribution in [0.5, 0.6) is 0 Å². The van der Waals surface area contributed by atoms with Crippen molar-refractivity contribution in [2.24, 2.45) is 0 Å². The van der Waals surface area contributed by atoms with Gasteiger partial charge in [-0.3, -0.25) is 9.69 Å². The fourth-order valence-corrected chi connectivity index (χ4v) is 3.00. The third kappa shape index (κ3) is 3.51. The minimum absolute atomic E-state index is 0.0759. The fraction of sp³-hybridized carbons (Fsp3) is 0.533. The van der Waals surface area contributed by atoms with E-state index in [0.717, 1.165) is 19.6 Å². The van der Waals surface area contributed by atoms with Gasteiger partial charge in [0, 0.05) is 43.3 Å². The molecule has 0 radical (unpaired) electrons. The molecule has 2 atom stereocenters. The van der Waals surface area contributed by atoms with E-state index in [2.05, 4.69) is 64.0 Å². The first kappa shape index (κ1) is 15.7. The second kappa shape index (κ2) is 6.87. The largest absolute Gasteiger partial charge is 0.347 e. The lowest BCUT2D eigenvalue weighted by Crippen LogP contribution is -2.58. The summed E-state index contributed by atoms with van der Waals surface area (Å²) in [5.41, 5.74) is 1.27. The van der Waals surface area contributed by atoms with Crippen molar-refractivity contribution in [2.75, 3.05) is 33.7 Å². The van der Waals surface area contributed by atoms with E-state index >= 15 is 0 Å². The van der Waals surface area contributed by atoms with Gasteiger partial charge in [0.15, 0.2) is 0 Å². The smallest absolute Gasteiger partial charge is 0.240 e. The second-order valence-electron chi connectivity index (χ2n) is 5.42. The summed E-state index contributed by atoms with van der Waals surface area (Å²) in [5, 5.41) is 3.33. The first-order valence-corrected chi connectivity index (χ1v) is 8.01. The standard InChI is InChI=1S/C15H22IN3O/c1-11(12-4-6-13(16)7-5-12)19-9-8-17-10-14(19)15(20)18(2)3/h4-7,11,14,17H,8-10H2,1-3H3. The van der Waals surface area contributed by atoms with E-state index in [1.807, 2.05) is 14.1 Å². The zero-order valence-corrected chi connectivity index (χ0v) is 14.4. The van der Waals surface area contributed by atoms with Crippen molar-refractivity contribution in [1.29, 1.82) is 0 Å². The Kier molecular flexibility index (Phi) is 5.40. The molecule has 0 bridgehead atoms. The minimum Gasteiger partial charge on any atom is -0.347 e.